The van der Waals surface area contributed by atoms with Gasteiger partial charge in [0, 0.05) is 18.4 Å². The van der Waals surface area contributed by atoms with Crippen LogP contribution in [0, 0.1) is 0 Å². The van der Waals surface area contributed by atoms with Gasteiger partial charge in [0.2, 0.25) is 5.88 Å². The summed E-state index contributed by atoms with van der Waals surface area (Å²) in [7, 11) is 1.25. The number of rotatable bonds is 5. The first kappa shape index (κ1) is 23.5. The fraction of sp³-hybridized carbons (Fsp3) is 0.250. The highest BCUT2D eigenvalue weighted by Crippen LogP contribution is 2.45. The van der Waals surface area contributed by atoms with Crippen LogP contribution in [-0.4, -0.2) is 18.9 Å². The van der Waals surface area contributed by atoms with Gasteiger partial charge in [-0.15, -0.1) is 0 Å². The van der Waals surface area contributed by atoms with Gasteiger partial charge in [-0.05, 0) is 41.8 Å². The largest absolute Gasteiger partial charge is 0.487 e. The fourth-order valence-electron chi connectivity index (χ4n) is 4.00. The van der Waals surface area contributed by atoms with Gasteiger partial charge < -0.3 is 19.9 Å². The average molecular weight is 509 g/mol. The number of methoxy groups -OCH3 is 1. The second kappa shape index (κ2) is 9.67. The van der Waals surface area contributed by atoms with Crippen LogP contribution in [-0.2, 0) is 25.7 Å². The van der Waals surface area contributed by atoms with E-state index < -0.39 is 11.9 Å². The van der Waals surface area contributed by atoms with E-state index in [1.807, 2.05) is 0 Å². The Balaban J connectivity index is 1.67. The Kier molecular flexibility index (Phi) is 6.88. The van der Waals surface area contributed by atoms with Gasteiger partial charge in [0.05, 0.1) is 28.1 Å². The fourth-order valence-corrected chi connectivity index (χ4v) is 4.57. The average Bonchev–Trinajstić information content (AvgIpc) is 2.79. The Morgan fingerprint density at radius 1 is 1.09 bits per heavy atom. The molecule has 6 nitrogen and oxygen atoms in total. The summed E-state index contributed by atoms with van der Waals surface area (Å²) >= 11 is 18.5. The summed E-state index contributed by atoms with van der Waals surface area (Å²) in [5.74, 6) is -0.659. The zero-order chi connectivity index (χ0) is 23.7. The van der Waals surface area contributed by atoms with Crippen molar-refractivity contribution in [3.8, 4) is 5.75 Å². The number of nitrogens with two attached hydrogens (primary N) is 1. The molecule has 4 rings (SSSR count). The Bertz CT molecular complexity index is 1200. The van der Waals surface area contributed by atoms with Crippen LogP contribution in [0.15, 0.2) is 59.2 Å². The molecule has 0 radical (unpaired) electrons. The maximum absolute atomic E-state index is 12.8. The molecule has 1 aliphatic carbocycles. The van der Waals surface area contributed by atoms with E-state index in [1.54, 1.807) is 36.4 Å². The summed E-state index contributed by atoms with van der Waals surface area (Å²) in [5, 5.41) is 1.20. The molecule has 0 aromatic heterocycles. The number of ketones is 1. The molecule has 2 aromatic rings. The lowest BCUT2D eigenvalue weighted by molar-refractivity contribution is -0.136. The topological polar surface area (TPSA) is 87.9 Å². The summed E-state index contributed by atoms with van der Waals surface area (Å²) in [6, 6.07) is 10.3. The number of Topliss-reactive ketones (excluding diaryl/α,β-unsaturated/α-hetero) is 1. The second-order valence-corrected chi connectivity index (χ2v) is 8.87. The normalized spacial score (nSPS) is 18.1. The molecule has 1 atom stereocenters. The van der Waals surface area contributed by atoms with Crippen LogP contribution in [0.5, 0.6) is 5.75 Å². The molecule has 0 spiro atoms. The predicted molar refractivity (Wildman–Crippen MR) is 125 cm³/mol. The third-order valence-corrected chi connectivity index (χ3v) is 6.59. The predicted octanol–water partition coefficient (Wildman–Crippen LogP) is 5.69. The highest BCUT2D eigenvalue weighted by atomic mass is 35.5. The number of allylic oxidation sites excluding steroid dienone is 2. The number of carbonyl (C=O) groups is 2. The van der Waals surface area contributed by atoms with E-state index in [0.717, 1.165) is 5.56 Å². The minimum atomic E-state index is -0.740. The van der Waals surface area contributed by atoms with Crippen LogP contribution in [0.4, 0.5) is 0 Å². The van der Waals surface area contributed by atoms with Crippen molar-refractivity contribution in [2.45, 2.75) is 31.8 Å². The van der Waals surface area contributed by atoms with E-state index in [-0.39, 0.29) is 23.8 Å². The molecule has 172 valence electrons. The highest BCUT2D eigenvalue weighted by Gasteiger charge is 2.41. The lowest BCUT2D eigenvalue weighted by Crippen LogP contribution is -2.31. The summed E-state index contributed by atoms with van der Waals surface area (Å²) in [5.41, 5.74) is 7.99. The molecule has 2 aliphatic rings. The number of hydrogen-bond donors (Lipinski definition) is 1. The molecule has 33 heavy (non-hydrogen) atoms. The van der Waals surface area contributed by atoms with Crippen LogP contribution in [0.2, 0.25) is 15.1 Å². The number of carbonyl (C=O) groups excluding carboxylic acids is 2. The highest BCUT2D eigenvalue weighted by molar-refractivity contribution is 6.42. The molecule has 0 amide bonds. The molecule has 0 saturated heterocycles. The van der Waals surface area contributed by atoms with Crippen molar-refractivity contribution in [2.24, 2.45) is 5.73 Å². The lowest BCUT2D eigenvalue weighted by Gasteiger charge is -2.32. The molecule has 2 aromatic carbocycles. The van der Waals surface area contributed by atoms with E-state index in [1.165, 1.54) is 7.11 Å². The van der Waals surface area contributed by atoms with Crippen molar-refractivity contribution in [3.63, 3.8) is 0 Å². The third-order valence-electron chi connectivity index (χ3n) is 5.56. The van der Waals surface area contributed by atoms with Gasteiger partial charge in [-0.25, -0.2) is 4.79 Å². The smallest absolute Gasteiger partial charge is 0.340 e. The van der Waals surface area contributed by atoms with Gasteiger partial charge in [-0.1, -0.05) is 46.9 Å². The summed E-state index contributed by atoms with van der Waals surface area (Å²) in [4.78, 5) is 25.4. The lowest BCUT2D eigenvalue weighted by atomic mass is 9.77. The Morgan fingerprint density at radius 3 is 2.58 bits per heavy atom. The zero-order valence-corrected chi connectivity index (χ0v) is 19.9. The van der Waals surface area contributed by atoms with E-state index >= 15 is 0 Å². The van der Waals surface area contributed by atoms with Gasteiger partial charge in [0.25, 0.3) is 0 Å². The molecule has 2 N–H and O–H groups in total. The first-order chi connectivity index (χ1) is 15.8. The molecular weight excluding hydrogens is 489 g/mol. The maximum atomic E-state index is 12.8. The quantitative estimate of drug-likeness (QED) is 0.522. The molecule has 1 heterocycles. The summed E-state index contributed by atoms with van der Waals surface area (Å²) in [6.45, 7) is 0.223. The molecule has 1 aliphatic heterocycles. The van der Waals surface area contributed by atoms with Crippen molar-refractivity contribution in [3.05, 3.63) is 85.4 Å². The van der Waals surface area contributed by atoms with E-state index in [2.05, 4.69) is 0 Å². The minimum absolute atomic E-state index is 0.0728. The monoisotopic (exact) mass is 507 g/mol. The van der Waals surface area contributed by atoms with Crippen molar-refractivity contribution < 1.29 is 23.8 Å². The van der Waals surface area contributed by atoms with Crippen LogP contribution in [0.3, 0.4) is 0 Å². The van der Waals surface area contributed by atoms with Gasteiger partial charge in [-0.3, -0.25) is 4.79 Å². The van der Waals surface area contributed by atoms with Crippen LogP contribution in [0.25, 0.3) is 0 Å². The van der Waals surface area contributed by atoms with E-state index in [9.17, 15) is 9.59 Å². The number of benzene rings is 2. The molecule has 0 fully saturated rings. The van der Waals surface area contributed by atoms with Crippen molar-refractivity contribution >= 4 is 46.6 Å². The van der Waals surface area contributed by atoms with Crippen molar-refractivity contribution in [1.82, 2.24) is 0 Å². The maximum Gasteiger partial charge on any atom is 0.340 e. The van der Waals surface area contributed by atoms with E-state index in [0.29, 0.717) is 57.0 Å². The van der Waals surface area contributed by atoms with Gasteiger partial charge >= 0.3 is 5.97 Å². The Labute approximate surface area is 205 Å². The number of esters is 1. The SMILES string of the molecule is COC(=O)C1=C(N)OC2=C(C(=O)CCC2)[C@@H]1c1ccc(OCc2ccc(Cl)c(Cl)c2)c(Cl)c1. The Hall–Kier alpha value is -2.67. The molecule has 0 bridgehead atoms. The Morgan fingerprint density at radius 2 is 1.88 bits per heavy atom. The third kappa shape index (κ3) is 4.69. The second-order valence-electron chi connectivity index (χ2n) is 7.65. The van der Waals surface area contributed by atoms with Gasteiger partial charge in [0.15, 0.2) is 5.78 Å². The van der Waals surface area contributed by atoms with Crippen LogP contribution in [0.1, 0.15) is 36.3 Å². The van der Waals surface area contributed by atoms with Crippen molar-refractivity contribution in [2.75, 3.05) is 7.11 Å². The van der Waals surface area contributed by atoms with Gasteiger partial charge in [0.1, 0.15) is 23.7 Å². The minimum Gasteiger partial charge on any atom is -0.487 e. The van der Waals surface area contributed by atoms with Crippen molar-refractivity contribution in [1.29, 1.82) is 0 Å². The number of halogens is 3. The van der Waals surface area contributed by atoms with Crippen LogP contribution >= 0.6 is 34.8 Å². The van der Waals surface area contributed by atoms with Gasteiger partial charge in [-0.2, -0.15) is 0 Å². The number of hydrogen-bond acceptors (Lipinski definition) is 6. The first-order valence-corrected chi connectivity index (χ1v) is 11.3. The summed E-state index contributed by atoms with van der Waals surface area (Å²) in [6.07, 6.45) is 1.59. The standard InChI is InChI=1S/C24H20Cl3NO5/c1-31-24(30)22-20(21-17(29)3-2-4-19(21)33-23(22)28)13-6-8-18(16(27)10-13)32-11-12-5-7-14(25)15(26)9-12/h5-10,20H,2-4,11,28H2,1H3/t20-/m0/s1. The first-order valence-electron chi connectivity index (χ1n) is 10.2. The summed E-state index contributed by atoms with van der Waals surface area (Å²) < 4.78 is 16.4. The molecule has 9 heteroatoms. The molecular formula is C24H20Cl3NO5. The number of ether oxygens (including phenoxy) is 3. The zero-order valence-electron chi connectivity index (χ0n) is 17.6. The molecule has 0 unspecified atom stereocenters. The molecule has 0 saturated carbocycles. The van der Waals surface area contributed by atoms with Crippen LogP contribution < -0.4 is 10.5 Å². The van der Waals surface area contributed by atoms with E-state index in [4.69, 9.17) is 54.7 Å².